The number of aromatic nitrogens is 2. The summed E-state index contributed by atoms with van der Waals surface area (Å²) < 4.78 is 0. The average Bonchev–Trinajstić information content (AvgIpc) is 2.29. The minimum absolute atomic E-state index is 0.250. The van der Waals surface area contributed by atoms with Crippen LogP contribution in [0.4, 0.5) is 11.8 Å². The van der Waals surface area contributed by atoms with Gasteiger partial charge in [-0.05, 0) is 18.9 Å². The Balaban J connectivity index is 2.16. The number of β-amino-alcohol motifs (C(OH)–C–C–N with tert-alkyl or cyclic N) is 1. The van der Waals surface area contributed by atoms with Crippen LogP contribution in [-0.4, -0.2) is 48.4 Å². The Labute approximate surface area is 95.7 Å². The second-order valence-corrected chi connectivity index (χ2v) is 4.35. The Morgan fingerprint density at radius 2 is 2.31 bits per heavy atom. The summed E-state index contributed by atoms with van der Waals surface area (Å²) in [6.07, 6.45) is 3.39. The van der Waals surface area contributed by atoms with E-state index < -0.39 is 0 Å². The van der Waals surface area contributed by atoms with Crippen LogP contribution in [0.1, 0.15) is 12.8 Å². The van der Waals surface area contributed by atoms with Crippen molar-refractivity contribution in [1.29, 1.82) is 0 Å². The molecule has 1 aromatic rings. The van der Waals surface area contributed by atoms with Gasteiger partial charge >= 0.3 is 0 Å². The van der Waals surface area contributed by atoms with Gasteiger partial charge in [0, 0.05) is 33.4 Å². The van der Waals surface area contributed by atoms with Gasteiger partial charge in [-0.2, -0.15) is 4.98 Å². The van der Waals surface area contributed by atoms with Crippen molar-refractivity contribution in [2.45, 2.75) is 18.9 Å². The fourth-order valence-electron chi connectivity index (χ4n) is 1.88. The van der Waals surface area contributed by atoms with Crippen LogP contribution in [-0.2, 0) is 0 Å². The minimum atomic E-state index is -0.250. The van der Waals surface area contributed by atoms with E-state index in [4.69, 9.17) is 0 Å². The fourth-order valence-corrected chi connectivity index (χ4v) is 1.88. The van der Waals surface area contributed by atoms with Gasteiger partial charge < -0.3 is 14.9 Å². The van der Waals surface area contributed by atoms with Crippen molar-refractivity contribution in [2.75, 3.05) is 37.0 Å². The molecule has 0 saturated carbocycles. The number of piperidine rings is 1. The van der Waals surface area contributed by atoms with Gasteiger partial charge in [0.25, 0.3) is 0 Å². The van der Waals surface area contributed by atoms with E-state index in [1.807, 2.05) is 30.0 Å². The summed E-state index contributed by atoms with van der Waals surface area (Å²) in [5, 5.41) is 9.61. The topological polar surface area (TPSA) is 52.5 Å². The van der Waals surface area contributed by atoms with Crippen molar-refractivity contribution in [3.63, 3.8) is 0 Å². The summed E-state index contributed by atoms with van der Waals surface area (Å²) in [4.78, 5) is 12.7. The highest BCUT2D eigenvalue weighted by Crippen LogP contribution is 2.17. The molecule has 0 spiro atoms. The van der Waals surface area contributed by atoms with Gasteiger partial charge in [-0.1, -0.05) is 0 Å². The quantitative estimate of drug-likeness (QED) is 0.790. The molecule has 0 radical (unpaired) electrons. The summed E-state index contributed by atoms with van der Waals surface area (Å²) in [5.41, 5.74) is 0. The lowest BCUT2D eigenvalue weighted by atomic mass is 10.1. The van der Waals surface area contributed by atoms with Crippen LogP contribution < -0.4 is 9.80 Å². The van der Waals surface area contributed by atoms with Crippen LogP contribution >= 0.6 is 0 Å². The van der Waals surface area contributed by atoms with E-state index in [2.05, 4.69) is 9.97 Å². The zero-order chi connectivity index (χ0) is 11.5. The van der Waals surface area contributed by atoms with Crippen LogP contribution in [0.25, 0.3) is 0 Å². The second-order valence-electron chi connectivity index (χ2n) is 4.35. The molecule has 1 aliphatic heterocycles. The zero-order valence-corrected chi connectivity index (χ0v) is 9.80. The number of anilines is 2. The first kappa shape index (κ1) is 11.1. The van der Waals surface area contributed by atoms with Crippen LogP contribution in [0.15, 0.2) is 12.3 Å². The van der Waals surface area contributed by atoms with Crippen molar-refractivity contribution in [1.82, 2.24) is 9.97 Å². The monoisotopic (exact) mass is 222 g/mol. The van der Waals surface area contributed by atoms with E-state index in [0.717, 1.165) is 25.2 Å². The van der Waals surface area contributed by atoms with E-state index >= 15 is 0 Å². The number of aliphatic hydroxyl groups excluding tert-OH is 1. The first-order valence-corrected chi connectivity index (χ1v) is 5.60. The van der Waals surface area contributed by atoms with E-state index in [1.165, 1.54) is 0 Å². The predicted molar refractivity (Wildman–Crippen MR) is 63.8 cm³/mol. The Kier molecular flexibility index (Phi) is 3.24. The van der Waals surface area contributed by atoms with E-state index in [1.54, 1.807) is 6.20 Å². The fraction of sp³-hybridized carbons (Fsp3) is 0.636. The Bertz CT molecular complexity index is 356. The number of hydrogen-bond donors (Lipinski definition) is 1. The molecule has 2 heterocycles. The Hall–Kier alpha value is -1.36. The van der Waals surface area contributed by atoms with Crippen molar-refractivity contribution in [2.24, 2.45) is 0 Å². The third kappa shape index (κ3) is 2.41. The second kappa shape index (κ2) is 4.65. The molecule has 5 nitrogen and oxygen atoms in total. The molecule has 1 aromatic heterocycles. The van der Waals surface area contributed by atoms with Crippen LogP contribution in [0.5, 0.6) is 0 Å². The minimum Gasteiger partial charge on any atom is -0.391 e. The lowest BCUT2D eigenvalue weighted by Crippen LogP contribution is -2.39. The third-order valence-electron chi connectivity index (χ3n) is 2.77. The highest BCUT2D eigenvalue weighted by atomic mass is 16.3. The molecule has 1 unspecified atom stereocenters. The molecule has 1 atom stereocenters. The van der Waals surface area contributed by atoms with Crippen molar-refractivity contribution >= 4 is 11.8 Å². The number of rotatable bonds is 2. The lowest BCUT2D eigenvalue weighted by Gasteiger charge is -2.30. The normalized spacial score (nSPS) is 20.9. The Morgan fingerprint density at radius 1 is 1.50 bits per heavy atom. The van der Waals surface area contributed by atoms with Gasteiger partial charge in [0.15, 0.2) is 0 Å². The van der Waals surface area contributed by atoms with Crippen LogP contribution in [0.3, 0.4) is 0 Å². The van der Waals surface area contributed by atoms with Gasteiger partial charge in [0.2, 0.25) is 5.95 Å². The molecule has 0 amide bonds. The highest BCUT2D eigenvalue weighted by Gasteiger charge is 2.19. The predicted octanol–water partition coefficient (Wildman–Crippen LogP) is 0.504. The summed E-state index contributed by atoms with van der Waals surface area (Å²) in [6, 6.07) is 1.88. The molecule has 0 bridgehead atoms. The summed E-state index contributed by atoms with van der Waals surface area (Å²) >= 11 is 0. The SMILES string of the molecule is CN(C)c1ccnc(N2CCCC(O)C2)n1. The average molecular weight is 222 g/mol. The van der Waals surface area contributed by atoms with Gasteiger partial charge in [0.05, 0.1) is 6.10 Å². The van der Waals surface area contributed by atoms with Gasteiger partial charge in [-0.25, -0.2) is 4.98 Å². The molecule has 2 rings (SSSR count). The highest BCUT2D eigenvalue weighted by molar-refractivity contribution is 5.42. The van der Waals surface area contributed by atoms with E-state index in [-0.39, 0.29) is 6.10 Å². The molecular formula is C11H18N4O. The molecule has 1 saturated heterocycles. The molecule has 0 aromatic carbocycles. The van der Waals surface area contributed by atoms with E-state index in [9.17, 15) is 5.11 Å². The zero-order valence-electron chi connectivity index (χ0n) is 9.80. The summed E-state index contributed by atoms with van der Waals surface area (Å²) in [7, 11) is 3.91. The maximum atomic E-state index is 9.61. The van der Waals surface area contributed by atoms with Gasteiger partial charge in [0.1, 0.15) is 5.82 Å². The summed E-state index contributed by atoms with van der Waals surface area (Å²) in [5.74, 6) is 1.61. The van der Waals surface area contributed by atoms with Crippen molar-refractivity contribution in [3.8, 4) is 0 Å². The lowest BCUT2D eigenvalue weighted by molar-refractivity contribution is 0.153. The number of aliphatic hydroxyl groups is 1. The third-order valence-corrected chi connectivity index (χ3v) is 2.77. The Morgan fingerprint density at radius 3 is 3.00 bits per heavy atom. The number of nitrogens with zero attached hydrogens (tertiary/aromatic N) is 4. The molecular weight excluding hydrogens is 204 g/mol. The number of hydrogen-bond acceptors (Lipinski definition) is 5. The summed E-state index contributed by atoms with van der Waals surface area (Å²) in [6.45, 7) is 1.56. The van der Waals surface area contributed by atoms with Gasteiger partial charge in [-0.15, -0.1) is 0 Å². The standard InChI is InChI=1S/C11H18N4O/c1-14(2)10-5-6-12-11(13-10)15-7-3-4-9(16)8-15/h5-6,9,16H,3-4,7-8H2,1-2H3. The van der Waals surface area contributed by atoms with Crippen LogP contribution in [0.2, 0.25) is 0 Å². The molecule has 5 heteroatoms. The maximum Gasteiger partial charge on any atom is 0.227 e. The van der Waals surface area contributed by atoms with Crippen molar-refractivity contribution in [3.05, 3.63) is 12.3 Å². The molecule has 1 aliphatic rings. The molecule has 1 fully saturated rings. The molecule has 16 heavy (non-hydrogen) atoms. The molecule has 88 valence electrons. The van der Waals surface area contributed by atoms with Crippen LogP contribution in [0, 0.1) is 0 Å². The molecule has 0 aliphatic carbocycles. The maximum absolute atomic E-state index is 9.61. The van der Waals surface area contributed by atoms with E-state index in [0.29, 0.717) is 12.5 Å². The first-order chi connectivity index (χ1) is 7.66. The first-order valence-electron chi connectivity index (χ1n) is 5.60. The molecule has 1 N–H and O–H groups in total. The van der Waals surface area contributed by atoms with Gasteiger partial charge in [-0.3, -0.25) is 0 Å². The van der Waals surface area contributed by atoms with Crippen molar-refractivity contribution < 1.29 is 5.11 Å². The largest absolute Gasteiger partial charge is 0.391 e. The smallest absolute Gasteiger partial charge is 0.227 e.